The van der Waals surface area contributed by atoms with Gasteiger partial charge in [0.25, 0.3) is 0 Å². The summed E-state index contributed by atoms with van der Waals surface area (Å²) in [6, 6.07) is 0. The monoisotopic (exact) mass is 363 g/mol. The third-order valence-electron chi connectivity index (χ3n) is 5.37. The number of nitrogens with one attached hydrogen (secondary N) is 1. The highest BCUT2D eigenvalue weighted by atomic mass is 127. The molecule has 0 atom stereocenters. The van der Waals surface area contributed by atoms with Gasteiger partial charge in [-0.3, -0.25) is 4.99 Å². The minimum atomic E-state index is 0. The summed E-state index contributed by atoms with van der Waals surface area (Å²) >= 11 is 0. The molecule has 4 aliphatic rings. The van der Waals surface area contributed by atoms with E-state index >= 15 is 0 Å². The van der Waals surface area contributed by atoms with Crippen molar-refractivity contribution in [1.82, 2.24) is 5.32 Å². The summed E-state index contributed by atoms with van der Waals surface area (Å²) in [5.41, 5.74) is 6.35. The second-order valence-electron chi connectivity index (χ2n) is 6.70. The van der Waals surface area contributed by atoms with Crippen LogP contribution < -0.4 is 11.1 Å². The molecule has 4 heteroatoms. The van der Waals surface area contributed by atoms with Crippen LogP contribution in [0, 0.1) is 23.2 Å². The second-order valence-corrected chi connectivity index (χ2v) is 6.70. The molecule has 4 bridgehead atoms. The quantitative estimate of drug-likeness (QED) is 0.460. The molecule has 4 saturated carbocycles. The summed E-state index contributed by atoms with van der Waals surface area (Å²) in [4.78, 5) is 3.96. The Bertz CT molecular complexity index is 292. The number of nitrogens with two attached hydrogens (primary N) is 1. The van der Waals surface area contributed by atoms with Gasteiger partial charge in [-0.1, -0.05) is 0 Å². The Morgan fingerprint density at radius 3 is 2.11 bits per heavy atom. The topological polar surface area (TPSA) is 50.4 Å². The van der Waals surface area contributed by atoms with Crippen molar-refractivity contribution in [2.24, 2.45) is 33.9 Å². The van der Waals surface area contributed by atoms with Gasteiger partial charge in [0.15, 0.2) is 5.96 Å². The first kappa shape index (κ1) is 14.4. The van der Waals surface area contributed by atoms with Gasteiger partial charge in [-0.2, -0.15) is 0 Å². The minimum absolute atomic E-state index is 0. The summed E-state index contributed by atoms with van der Waals surface area (Å²) in [5.74, 6) is 3.75. The van der Waals surface area contributed by atoms with Gasteiger partial charge in [0.2, 0.25) is 0 Å². The highest BCUT2D eigenvalue weighted by molar-refractivity contribution is 14.0. The number of aliphatic imine (C=N–C) groups is 1. The number of hydrogen-bond donors (Lipinski definition) is 2. The largest absolute Gasteiger partial charge is 0.370 e. The van der Waals surface area contributed by atoms with Crippen LogP contribution in [0.15, 0.2) is 4.99 Å². The van der Waals surface area contributed by atoms with Crippen LogP contribution in [0.3, 0.4) is 0 Å². The molecule has 0 aliphatic heterocycles. The zero-order valence-corrected chi connectivity index (χ0v) is 13.7. The lowest BCUT2D eigenvalue weighted by Crippen LogP contribution is -2.47. The van der Waals surface area contributed by atoms with E-state index in [1.165, 1.54) is 44.9 Å². The molecule has 0 aromatic carbocycles. The fourth-order valence-electron chi connectivity index (χ4n) is 5.13. The van der Waals surface area contributed by atoms with Crippen molar-refractivity contribution in [1.29, 1.82) is 0 Å². The molecule has 104 valence electrons. The number of guanidine groups is 1. The first-order valence-electron chi connectivity index (χ1n) is 7.15. The standard InChI is InChI=1S/C14H25N3.HI/c1-16-13(15)17-3-2-14-7-10-4-11(8-14)6-12(5-10)9-14;/h10-12H,2-9H2,1H3,(H3,15,16,17);1H. The highest BCUT2D eigenvalue weighted by Crippen LogP contribution is 2.61. The van der Waals surface area contributed by atoms with Gasteiger partial charge < -0.3 is 11.1 Å². The molecule has 4 aliphatic carbocycles. The molecule has 3 N–H and O–H groups in total. The molecular formula is C14H26IN3. The lowest BCUT2D eigenvalue weighted by Gasteiger charge is -2.57. The Labute approximate surface area is 127 Å². The van der Waals surface area contributed by atoms with E-state index in [2.05, 4.69) is 10.3 Å². The van der Waals surface area contributed by atoms with Crippen molar-refractivity contribution in [3.05, 3.63) is 0 Å². The predicted octanol–water partition coefficient (Wildman–Crippen LogP) is 2.75. The maximum atomic E-state index is 5.69. The average Bonchev–Trinajstić information content (AvgIpc) is 2.26. The Hall–Kier alpha value is 0. The Morgan fingerprint density at radius 2 is 1.67 bits per heavy atom. The first-order chi connectivity index (χ1) is 8.19. The molecular weight excluding hydrogens is 337 g/mol. The molecule has 0 amide bonds. The molecule has 3 nitrogen and oxygen atoms in total. The first-order valence-corrected chi connectivity index (χ1v) is 7.15. The zero-order valence-electron chi connectivity index (χ0n) is 11.3. The van der Waals surface area contributed by atoms with Crippen molar-refractivity contribution in [3.63, 3.8) is 0 Å². The van der Waals surface area contributed by atoms with Gasteiger partial charge in [-0.25, -0.2) is 0 Å². The van der Waals surface area contributed by atoms with Crippen LogP contribution in [-0.2, 0) is 0 Å². The van der Waals surface area contributed by atoms with Crippen molar-refractivity contribution in [2.75, 3.05) is 13.6 Å². The zero-order chi connectivity index (χ0) is 11.9. The van der Waals surface area contributed by atoms with Crippen LogP contribution in [0.4, 0.5) is 0 Å². The Balaban J connectivity index is 0.00000120. The molecule has 0 saturated heterocycles. The molecule has 4 fully saturated rings. The van der Waals surface area contributed by atoms with Gasteiger partial charge in [0.05, 0.1) is 0 Å². The van der Waals surface area contributed by atoms with E-state index in [9.17, 15) is 0 Å². The Morgan fingerprint density at radius 1 is 1.17 bits per heavy atom. The smallest absolute Gasteiger partial charge is 0.188 e. The summed E-state index contributed by atoms with van der Waals surface area (Å²) in [6.07, 6.45) is 10.4. The Kier molecular flexibility index (Phi) is 4.44. The van der Waals surface area contributed by atoms with Gasteiger partial charge in [0, 0.05) is 13.6 Å². The minimum Gasteiger partial charge on any atom is -0.370 e. The van der Waals surface area contributed by atoms with Gasteiger partial charge in [0.1, 0.15) is 0 Å². The van der Waals surface area contributed by atoms with E-state index in [0.29, 0.717) is 11.4 Å². The predicted molar refractivity (Wildman–Crippen MR) is 86.2 cm³/mol. The summed E-state index contributed by atoms with van der Waals surface area (Å²) in [7, 11) is 1.74. The normalized spacial score (nSPS) is 41.6. The van der Waals surface area contributed by atoms with Crippen molar-refractivity contribution >= 4 is 29.9 Å². The van der Waals surface area contributed by atoms with E-state index < -0.39 is 0 Å². The molecule has 0 unspecified atom stereocenters. The maximum Gasteiger partial charge on any atom is 0.188 e. The fourth-order valence-corrected chi connectivity index (χ4v) is 5.13. The van der Waals surface area contributed by atoms with E-state index in [0.717, 1.165) is 24.3 Å². The van der Waals surface area contributed by atoms with Crippen LogP contribution in [0.5, 0.6) is 0 Å². The number of nitrogens with zero attached hydrogens (tertiary/aromatic N) is 1. The highest BCUT2D eigenvalue weighted by Gasteiger charge is 2.50. The molecule has 4 rings (SSSR count). The summed E-state index contributed by atoms with van der Waals surface area (Å²) < 4.78 is 0. The number of rotatable bonds is 3. The van der Waals surface area contributed by atoms with Crippen molar-refractivity contribution in [2.45, 2.75) is 44.9 Å². The van der Waals surface area contributed by atoms with Crippen LogP contribution in [0.1, 0.15) is 44.9 Å². The van der Waals surface area contributed by atoms with Gasteiger partial charge in [-0.05, 0) is 68.1 Å². The lowest BCUT2D eigenvalue weighted by atomic mass is 9.49. The van der Waals surface area contributed by atoms with Gasteiger partial charge in [-0.15, -0.1) is 24.0 Å². The molecule has 0 heterocycles. The van der Waals surface area contributed by atoms with E-state index in [1.807, 2.05) is 0 Å². The number of halogens is 1. The lowest BCUT2D eigenvalue weighted by molar-refractivity contribution is -0.0562. The van der Waals surface area contributed by atoms with Crippen LogP contribution in [0.25, 0.3) is 0 Å². The summed E-state index contributed by atoms with van der Waals surface area (Å²) in [6.45, 7) is 1.01. The third kappa shape index (κ3) is 2.78. The molecule has 0 aromatic rings. The van der Waals surface area contributed by atoms with Crippen molar-refractivity contribution < 1.29 is 0 Å². The van der Waals surface area contributed by atoms with Crippen LogP contribution >= 0.6 is 24.0 Å². The molecule has 0 aromatic heterocycles. The molecule has 0 spiro atoms. The SMILES string of the molecule is CN=C(N)NCCC12CC3CC(CC(C3)C1)C2.I. The van der Waals surface area contributed by atoms with E-state index in [-0.39, 0.29) is 24.0 Å². The second kappa shape index (κ2) is 5.55. The van der Waals surface area contributed by atoms with E-state index in [1.54, 1.807) is 7.05 Å². The average molecular weight is 363 g/mol. The van der Waals surface area contributed by atoms with Gasteiger partial charge >= 0.3 is 0 Å². The van der Waals surface area contributed by atoms with Crippen molar-refractivity contribution in [3.8, 4) is 0 Å². The summed E-state index contributed by atoms with van der Waals surface area (Å²) in [5, 5.41) is 3.24. The number of hydrogen-bond acceptors (Lipinski definition) is 1. The van der Waals surface area contributed by atoms with E-state index in [4.69, 9.17) is 5.73 Å². The fraction of sp³-hybridized carbons (Fsp3) is 0.929. The van der Waals surface area contributed by atoms with Crippen LogP contribution in [0.2, 0.25) is 0 Å². The molecule has 0 radical (unpaired) electrons. The maximum absolute atomic E-state index is 5.69. The third-order valence-corrected chi connectivity index (χ3v) is 5.37. The molecule has 18 heavy (non-hydrogen) atoms. The van der Waals surface area contributed by atoms with Crippen LogP contribution in [-0.4, -0.2) is 19.6 Å².